The number of hydrogen-bond acceptors (Lipinski definition) is 3. The minimum atomic E-state index is -0.917. The molecule has 1 atom stereocenters. The lowest BCUT2D eigenvalue weighted by atomic mass is 10.1. The molecule has 0 radical (unpaired) electrons. The Kier molecular flexibility index (Phi) is 5.66. The first kappa shape index (κ1) is 14.8. The minimum Gasteiger partial charge on any atom is -0.495 e. The lowest BCUT2D eigenvalue weighted by Crippen LogP contribution is -2.35. The van der Waals surface area contributed by atoms with Gasteiger partial charge in [0.05, 0.1) is 18.7 Å². The van der Waals surface area contributed by atoms with Gasteiger partial charge in [-0.1, -0.05) is 19.1 Å². The highest BCUT2D eigenvalue weighted by atomic mass is 16.5. The maximum atomic E-state index is 11.7. The molecule has 3 N–H and O–H groups in total. The fraction of sp³-hybridized carbons (Fsp3) is 0.385. The summed E-state index contributed by atoms with van der Waals surface area (Å²) in [7, 11) is 1.51. The Hall–Kier alpha value is -2.24. The number of amides is 2. The summed E-state index contributed by atoms with van der Waals surface area (Å²) >= 11 is 0. The molecule has 1 aromatic carbocycles. The molecule has 1 unspecified atom stereocenters. The second-order valence-corrected chi connectivity index (χ2v) is 3.98. The van der Waals surface area contributed by atoms with Crippen LogP contribution >= 0.6 is 0 Å². The van der Waals surface area contributed by atoms with E-state index in [0.717, 1.165) is 0 Å². The first-order valence-electron chi connectivity index (χ1n) is 5.99. The number of hydrogen-bond donors (Lipinski definition) is 3. The predicted octanol–water partition coefficient (Wildman–Crippen LogP) is 1.93. The van der Waals surface area contributed by atoms with E-state index < -0.39 is 17.9 Å². The average molecular weight is 266 g/mol. The number of carboxylic acids is 1. The van der Waals surface area contributed by atoms with Crippen LogP contribution in [0.5, 0.6) is 5.75 Å². The average Bonchev–Trinajstić information content (AvgIpc) is 2.39. The van der Waals surface area contributed by atoms with Gasteiger partial charge in [0, 0.05) is 6.54 Å². The van der Waals surface area contributed by atoms with E-state index >= 15 is 0 Å². The van der Waals surface area contributed by atoms with Crippen molar-refractivity contribution < 1.29 is 19.4 Å². The zero-order valence-electron chi connectivity index (χ0n) is 11.0. The molecule has 19 heavy (non-hydrogen) atoms. The number of benzene rings is 1. The second-order valence-electron chi connectivity index (χ2n) is 3.98. The van der Waals surface area contributed by atoms with E-state index in [1.807, 2.05) is 0 Å². The molecule has 0 heterocycles. The van der Waals surface area contributed by atoms with Crippen LogP contribution < -0.4 is 15.4 Å². The van der Waals surface area contributed by atoms with E-state index in [1.54, 1.807) is 31.2 Å². The molecular weight excluding hydrogens is 248 g/mol. The van der Waals surface area contributed by atoms with Gasteiger partial charge >= 0.3 is 12.0 Å². The third-order valence-electron chi connectivity index (χ3n) is 2.71. The minimum absolute atomic E-state index is 0.0901. The van der Waals surface area contributed by atoms with Crippen molar-refractivity contribution in [2.24, 2.45) is 5.92 Å². The van der Waals surface area contributed by atoms with Gasteiger partial charge in [-0.05, 0) is 18.6 Å². The van der Waals surface area contributed by atoms with Crippen molar-refractivity contribution in [2.45, 2.75) is 13.3 Å². The monoisotopic (exact) mass is 266 g/mol. The maximum Gasteiger partial charge on any atom is 0.319 e. The SMILES string of the molecule is CCC(CNC(=O)Nc1ccccc1OC)C(=O)O. The molecule has 0 aliphatic carbocycles. The molecule has 0 aliphatic rings. The van der Waals surface area contributed by atoms with Gasteiger partial charge in [-0.2, -0.15) is 0 Å². The van der Waals surface area contributed by atoms with Gasteiger partial charge in [-0.25, -0.2) is 4.79 Å². The van der Waals surface area contributed by atoms with Crippen LogP contribution in [0.4, 0.5) is 10.5 Å². The van der Waals surface area contributed by atoms with Gasteiger partial charge in [-0.3, -0.25) is 4.79 Å². The molecule has 0 saturated carbocycles. The van der Waals surface area contributed by atoms with E-state index in [2.05, 4.69) is 10.6 Å². The van der Waals surface area contributed by atoms with Crippen LogP contribution in [0.25, 0.3) is 0 Å². The third kappa shape index (κ3) is 4.50. The zero-order chi connectivity index (χ0) is 14.3. The third-order valence-corrected chi connectivity index (χ3v) is 2.71. The maximum absolute atomic E-state index is 11.7. The first-order chi connectivity index (χ1) is 9.08. The second kappa shape index (κ2) is 7.25. The van der Waals surface area contributed by atoms with Crippen molar-refractivity contribution in [3.63, 3.8) is 0 Å². The molecule has 104 valence electrons. The Bertz CT molecular complexity index is 448. The van der Waals surface area contributed by atoms with Crippen LogP contribution in [0.3, 0.4) is 0 Å². The van der Waals surface area contributed by atoms with E-state index in [-0.39, 0.29) is 6.54 Å². The topological polar surface area (TPSA) is 87.7 Å². The van der Waals surface area contributed by atoms with E-state index in [1.165, 1.54) is 7.11 Å². The number of carbonyl (C=O) groups is 2. The van der Waals surface area contributed by atoms with Gasteiger partial charge in [0.1, 0.15) is 5.75 Å². The van der Waals surface area contributed by atoms with E-state index in [4.69, 9.17) is 9.84 Å². The van der Waals surface area contributed by atoms with Gasteiger partial charge in [0.25, 0.3) is 0 Å². The van der Waals surface area contributed by atoms with Crippen molar-refractivity contribution in [1.29, 1.82) is 0 Å². The van der Waals surface area contributed by atoms with Crippen LogP contribution in [0.15, 0.2) is 24.3 Å². The molecule has 6 nitrogen and oxygen atoms in total. The highest BCUT2D eigenvalue weighted by Gasteiger charge is 2.16. The number of methoxy groups -OCH3 is 1. The molecule has 0 saturated heterocycles. The molecule has 0 fully saturated rings. The summed E-state index contributed by atoms with van der Waals surface area (Å²) in [5.74, 6) is -0.952. The molecule has 0 aromatic heterocycles. The van der Waals surface area contributed by atoms with E-state index in [0.29, 0.717) is 17.9 Å². The Morgan fingerprint density at radius 3 is 2.63 bits per heavy atom. The summed E-state index contributed by atoms with van der Waals surface area (Å²) in [5.41, 5.74) is 0.533. The van der Waals surface area contributed by atoms with Crippen LogP contribution in [0, 0.1) is 5.92 Å². The number of carboxylic acid groups (broad SMARTS) is 1. The Morgan fingerprint density at radius 2 is 2.05 bits per heavy atom. The molecule has 0 aliphatic heterocycles. The summed E-state index contributed by atoms with van der Waals surface area (Å²) in [6, 6.07) is 6.53. The zero-order valence-corrected chi connectivity index (χ0v) is 11.0. The van der Waals surface area contributed by atoms with Crippen LogP contribution in [-0.2, 0) is 4.79 Å². The van der Waals surface area contributed by atoms with Crippen LogP contribution in [0.1, 0.15) is 13.3 Å². The standard InChI is InChI=1S/C13H18N2O4/c1-3-9(12(16)17)8-14-13(18)15-10-6-4-5-7-11(10)19-2/h4-7,9H,3,8H2,1-2H3,(H,16,17)(H2,14,15,18). The van der Waals surface area contributed by atoms with Crippen LogP contribution in [0.2, 0.25) is 0 Å². The number of nitrogens with one attached hydrogen (secondary N) is 2. The normalized spacial score (nSPS) is 11.5. The van der Waals surface area contributed by atoms with E-state index in [9.17, 15) is 9.59 Å². The Labute approximate surface area is 111 Å². The van der Waals surface area contributed by atoms with Crippen molar-refractivity contribution in [1.82, 2.24) is 5.32 Å². The fourth-order valence-electron chi connectivity index (χ4n) is 1.54. The number of urea groups is 1. The Balaban J connectivity index is 2.53. The molecule has 6 heteroatoms. The molecular formula is C13H18N2O4. The number of anilines is 1. The summed E-state index contributed by atoms with van der Waals surface area (Å²) in [4.78, 5) is 22.5. The largest absolute Gasteiger partial charge is 0.495 e. The molecule has 0 spiro atoms. The van der Waals surface area contributed by atoms with Gasteiger partial charge in [-0.15, -0.1) is 0 Å². The Morgan fingerprint density at radius 1 is 1.37 bits per heavy atom. The van der Waals surface area contributed by atoms with Crippen molar-refractivity contribution >= 4 is 17.7 Å². The first-order valence-corrected chi connectivity index (χ1v) is 5.99. The molecule has 2 amide bonds. The van der Waals surface area contributed by atoms with Crippen molar-refractivity contribution in [3.05, 3.63) is 24.3 Å². The smallest absolute Gasteiger partial charge is 0.319 e. The lowest BCUT2D eigenvalue weighted by Gasteiger charge is -2.13. The number of rotatable bonds is 6. The summed E-state index contributed by atoms with van der Waals surface area (Å²) in [6.07, 6.45) is 0.463. The molecule has 1 aromatic rings. The predicted molar refractivity (Wildman–Crippen MR) is 71.4 cm³/mol. The summed E-state index contributed by atoms with van der Waals surface area (Å²) in [5, 5.41) is 14.0. The highest BCUT2D eigenvalue weighted by molar-refractivity contribution is 5.91. The van der Waals surface area contributed by atoms with Gasteiger partial charge in [0.15, 0.2) is 0 Å². The number of aliphatic carboxylic acids is 1. The fourth-order valence-corrected chi connectivity index (χ4v) is 1.54. The number of ether oxygens (including phenoxy) is 1. The van der Waals surface area contributed by atoms with Gasteiger partial charge < -0.3 is 20.5 Å². The lowest BCUT2D eigenvalue weighted by molar-refractivity contribution is -0.141. The quantitative estimate of drug-likeness (QED) is 0.734. The van der Waals surface area contributed by atoms with Crippen LogP contribution in [-0.4, -0.2) is 30.8 Å². The molecule has 1 rings (SSSR count). The number of carbonyl (C=O) groups excluding carboxylic acids is 1. The summed E-state index contributed by atoms with van der Waals surface area (Å²) < 4.78 is 5.09. The highest BCUT2D eigenvalue weighted by Crippen LogP contribution is 2.22. The summed E-state index contributed by atoms with van der Waals surface area (Å²) in [6.45, 7) is 1.85. The van der Waals surface area contributed by atoms with Gasteiger partial charge in [0.2, 0.25) is 0 Å². The van der Waals surface area contributed by atoms with Crippen molar-refractivity contribution in [3.8, 4) is 5.75 Å². The number of para-hydroxylation sites is 2. The van der Waals surface area contributed by atoms with Crippen molar-refractivity contribution in [2.75, 3.05) is 19.0 Å². The molecule has 0 bridgehead atoms.